The predicted octanol–water partition coefficient (Wildman–Crippen LogP) is 0.361. The van der Waals surface area contributed by atoms with E-state index in [0.717, 1.165) is 81.4 Å². The normalized spacial score (nSPS) is 21.7. The molecular weight excluding hydrogens is 436 g/mol. The SMILES string of the molecule is Cc1ncnc(N2CC[N+]3(CC2)CC[N+]2(CCN(c4ncnc(C)c4[N+](=O)[O-])CC2)CC3)c1N. The lowest BCUT2D eigenvalue weighted by Gasteiger charge is -2.54. The molecule has 2 aromatic rings. The van der Waals surface area contributed by atoms with E-state index >= 15 is 0 Å². The summed E-state index contributed by atoms with van der Waals surface area (Å²) in [6, 6.07) is 0. The molecule has 5 rings (SSSR count). The zero-order valence-corrected chi connectivity index (χ0v) is 20.1. The minimum absolute atomic E-state index is 0.0384. The number of rotatable bonds is 3. The number of piperazine rings is 3. The molecule has 3 saturated heterocycles. The molecule has 182 valence electrons. The molecule has 0 unspecified atom stereocenters. The number of anilines is 3. The van der Waals surface area contributed by atoms with Crippen molar-refractivity contribution in [3.63, 3.8) is 0 Å². The highest BCUT2D eigenvalue weighted by molar-refractivity contribution is 5.64. The van der Waals surface area contributed by atoms with Gasteiger partial charge < -0.3 is 24.5 Å². The van der Waals surface area contributed by atoms with Crippen LogP contribution in [-0.4, -0.2) is 112 Å². The van der Waals surface area contributed by atoms with Crippen LogP contribution in [0.1, 0.15) is 11.4 Å². The van der Waals surface area contributed by atoms with Crippen molar-refractivity contribution in [2.24, 2.45) is 0 Å². The first-order valence-corrected chi connectivity index (χ1v) is 12.0. The molecule has 3 aliphatic heterocycles. The summed E-state index contributed by atoms with van der Waals surface area (Å²) in [4.78, 5) is 32.5. The average molecular weight is 471 g/mol. The molecule has 0 aliphatic carbocycles. The highest BCUT2D eigenvalue weighted by Gasteiger charge is 2.46. The van der Waals surface area contributed by atoms with Crippen molar-refractivity contribution < 1.29 is 13.9 Å². The second kappa shape index (κ2) is 8.58. The number of nitro groups is 1. The number of quaternary nitrogens is 2. The summed E-state index contributed by atoms with van der Waals surface area (Å²) in [5.74, 6) is 1.34. The molecule has 12 heteroatoms. The standard InChI is InChI=1S/C22H34N10O2/c1-17-19(23)21(26-15-24-17)28-3-7-31(8-4-28)11-13-32(14-12-31)9-5-29(6-10-32)22-20(30(33)34)18(2)25-16-27-22/h15-16H,3-14,23H2,1-2H3/q+2. The van der Waals surface area contributed by atoms with Gasteiger partial charge in [-0.1, -0.05) is 0 Å². The van der Waals surface area contributed by atoms with Crippen LogP contribution in [0.3, 0.4) is 0 Å². The fourth-order valence-corrected chi connectivity index (χ4v) is 5.79. The third-order valence-corrected chi connectivity index (χ3v) is 8.30. The van der Waals surface area contributed by atoms with Crippen molar-refractivity contribution >= 4 is 23.0 Å². The Morgan fingerprint density at radius 3 is 1.71 bits per heavy atom. The van der Waals surface area contributed by atoms with Crippen LogP contribution in [0.4, 0.5) is 23.0 Å². The van der Waals surface area contributed by atoms with Gasteiger partial charge in [-0.05, 0) is 13.8 Å². The lowest BCUT2D eigenvalue weighted by Crippen LogP contribution is -2.73. The summed E-state index contributed by atoms with van der Waals surface area (Å²) in [5.41, 5.74) is 8.23. The molecule has 2 spiro atoms. The maximum absolute atomic E-state index is 11.6. The first kappa shape index (κ1) is 22.7. The van der Waals surface area contributed by atoms with Crippen molar-refractivity contribution in [3.8, 4) is 0 Å². The Morgan fingerprint density at radius 1 is 0.765 bits per heavy atom. The van der Waals surface area contributed by atoms with Gasteiger partial charge in [0.2, 0.25) is 5.82 Å². The maximum atomic E-state index is 11.6. The van der Waals surface area contributed by atoms with Gasteiger partial charge in [-0.2, -0.15) is 0 Å². The molecular formula is C22H34N10O2+2. The van der Waals surface area contributed by atoms with Crippen LogP contribution in [0.25, 0.3) is 0 Å². The summed E-state index contributed by atoms with van der Waals surface area (Å²) < 4.78 is 2.27. The Bertz CT molecular complexity index is 1070. The lowest BCUT2D eigenvalue weighted by molar-refractivity contribution is -1.03. The van der Waals surface area contributed by atoms with E-state index in [0.29, 0.717) is 17.2 Å². The fourth-order valence-electron chi connectivity index (χ4n) is 5.79. The van der Waals surface area contributed by atoms with Gasteiger partial charge in [-0.25, -0.2) is 19.9 Å². The molecule has 0 radical (unpaired) electrons. The molecule has 2 N–H and O–H groups in total. The summed E-state index contributed by atoms with van der Waals surface area (Å²) >= 11 is 0. The van der Waals surface area contributed by atoms with Crippen LogP contribution < -0.4 is 15.5 Å². The number of nitrogens with two attached hydrogens (primary N) is 1. The van der Waals surface area contributed by atoms with Gasteiger partial charge in [0.1, 0.15) is 44.5 Å². The van der Waals surface area contributed by atoms with Crippen molar-refractivity contribution in [1.29, 1.82) is 0 Å². The van der Waals surface area contributed by atoms with Gasteiger partial charge in [-0.15, -0.1) is 0 Å². The maximum Gasteiger partial charge on any atom is 0.332 e. The third-order valence-electron chi connectivity index (χ3n) is 8.30. The lowest BCUT2D eigenvalue weighted by atomic mass is 10.1. The van der Waals surface area contributed by atoms with Crippen LogP contribution >= 0.6 is 0 Å². The molecule has 34 heavy (non-hydrogen) atoms. The van der Waals surface area contributed by atoms with Gasteiger partial charge in [-0.3, -0.25) is 10.1 Å². The highest BCUT2D eigenvalue weighted by atomic mass is 16.6. The molecule has 3 aliphatic rings. The Morgan fingerprint density at radius 2 is 1.21 bits per heavy atom. The van der Waals surface area contributed by atoms with Crippen LogP contribution in [0.2, 0.25) is 0 Å². The first-order chi connectivity index (χ1) is 16.3. The number of hydrogen-bond donors (Lipinski definition) is 1. The Balaban J connectivity index is 1.19. The Kier molecular flexibility index (Phi) is 5.72. The van der Waals surface area contributed by atoms with Crippen LogP contribution in [-0.2, 0) is 0 Å². The summed E-state index contributed by atoms with van der Waals surface area (Å²) in [6.45, 7) is 16.0. The minimum atomic E-state index is -0.353. The first-order valence-electron chi connectivity index (χ1n) is 12.0. The van der Waals surface area contributed by atoms with E-state index in [4.69, 9.17) is 5.73 Å². The molecule has 12 nitrogen and oxygen atoms in total. The van der Waals surface area contributed by atoms with E-state index in [-0.39, 0.29) is 10.6 Å². The van der Waals surface area contributed by atoms with Gasteiger partial charge in [0, 0.05) is 0 Å². The average Bonchev–Trinajstić information content (AvgIpc) is 2.84. The minimum Gasteiger partial charge on any atom is -0.394 e. The summed E-state index contributed by atoms with van der Waals surface area (Å²) in [7, 11) is 0. The molecule has 5 heterocycles. The molecule has 0 aromatic carbocycles. The van der Waals surface area contributed by atoms with E-state index in [1.54, 1.807) is 13.3 Å². The second-order valence-electron chi connectivity index (χ2n) is 10.0. The predicted molar refractivity (Wildman–Crippen MR) is 128 cm³/mol. The topological polar surface area (TPSA) is 127 Å². The van der Waals surface area contributed by atoms with Crippen molar-refractivity contribution in [2.45, 2.75) is 13.8 Å². The van der Waals surface area contributed by atoms with Crippen molar-refractivity contribution in [1.82, 2.24) is 19.9 Å². The molecule has 2 aromatic heterocycles. The van der Waals surface area contributed by atoms with E-state index in [9.17, 15) is 10.1 Å². The molecule has 0 saturated carbocycles. The molecule has 0 atom stereocenters. The van der Waals surface area contributed by atoms with E-state index in [1.807, 2.05) is 6.92 Å². The van der Waals surface area contributed by atoms with Crippen LogP contribution in [0, 0.1) is 24.0 Å². The van der Waals surface area contributed by atoms with E-state index in [2.05, 4.69) is 29.7 Å². The summed E-state index contributed by atoms with van der Waals surface area (Å²) in [5, 5.41) is 11.6. The highest BCUT2D eigenvalue weighted by Crippen LogP contribution is 2.31. The zero-order chi connectivity index (χ0) is 23.9. The zero-order valence-electron chi connectivity index (χ0n) is 20.1. The van der Waals surface area contributed by atoms with Gasteiger partial charge >= 0.3 is 5.69 Å². The fraction of sp³-hybridized carbons (Fsp3) is 0.636. The van der Waals surface area contributed by atoms with Gasteiger partial charge in [0.15, 0.2) is 5.82 Å². The number of aryl methyl sites for hydroxylation is 2. The quantitative estimate of drug-likeness (QED) is 0.384. The monoisotopic (exact) mass is 470 g/mol. The molecule has 3 fully saturated rings. The number of aromatic nitrogens is 4. The number of nitrogen functional groups attached to an aromatic ring is 1. The smallest absolute Gasteiger partial charge is 0.332 e. The Labute approximate surface area is 199 Å². The van der Waals surface area contributed by atoms with Crippen LogP contribution in [0.15, 0.2) is 12.7 Å². The molecule has 0 amide bonds. The number of nitrogens with zero attached hydrogens (tertiary/aromatic N) is 9. The third kappa shape index (κ3) is 4.00. The second-order valence-corrected chi connectivity index (χ2v) is 10.0. The largest absolute Gasteiger partial charge is 0.394 e. The van der Waals surface area contributed by atoms with Crippen molar-refractivity contribution in [2.75, 3.05) is 94.1 Å². The van der Waals surface area contributed by atoms with Crippen molar-refractivity contribution in [3.05, 3.63) is 34.2 Å². The summed E-state index contributed by atoms with van der Waals surface area (Å²) in [6.07, 6.45) is 3.04. The van der Waals surface area contributed by atoms with Gasteiger partial charge in [0.25, 0.3) is 0 Å². The van der Waals surface area contributed by atoms with Gasteiger partial charge in [0.05, 0.1) is 68.7 Å². The number of hydrogen-bond acceptors (Lipinski definition) is 9. The van der Waals surface area contributed by atoms with Crippen LogP contribution in [0.5, 0.6) is 0 Å². The molecule has 0 bridgehead atoms. The Hall–Kier alpha value is -3.12. The van der Waals surface area contributed by atoms with E-state index < -0.39 is 0 Å². The van der Waals surface area contributed by atoms with E-state index in [1.165, 1.54) is 23.9 Å².